The fourth-order valence-electron chi connectivity index (χ4n) is 5.54. The predicted molar refractivity (Wildman–Crippen MR) is 148 cm³/mol. The molecule has 0 bridgehead atoms. The molecule has 0 N–H and O–H groups in total. The number of aromatic nitrogens is 4. The van der Waals surface area contributed by atoms with Crippen molar-refractivity contribution in [2.75, 3.05) is 33.2 Å². The number of likely N-dealkylation sites (N-methyl/N-ethyl adjacent to an activating group) is 1. The standard InChI is InChI=1S/C30H32N6O2/c1-33-17-19-34(20-18-33)28(38)21-23-11-5-6-12-25(23)36-27(37)15-14-24(31-36)29-26-13-7-8-16-35(26)32-30(29)22-9-3-2-4-10-22/h2-4,7-10,13-16H,5-6,11-12,17-21H2,1H3. The van der Waals surface area contributed by atoms with Crippen molar-refractivity contribution >= 4 is 17.1 Å². The van der Waals surface area contributed by atoms with Gasteiger partial charge in [-0.2, -0.15) is 10.2 Å². The summed E-state index contributed by atoms with van der Waals surface area (Å²) in [6.07, 6.45) is 5.83. The normalized spacial score (nSPS) is 16.8. The van der Waals surface area contributed by atoms with Gasteiger partial charge < -0.3 is 9.80 Å². The Balaban J connectivity index is 1.42. The number of carbonyl (C=O) groups excluding carboxylic acids is 1. The van der Waals surface area contributed by atoms with Gasteiger partial charge in [-0.05, 0) is 56.5 Å². The first-order valence-electron chi connectivity index (χ1n) is 13.4. The lowest BCUT2D eigenvalue weighted by molar-refractivity contribution is -0.132. The third-order valence-electron chi connectivity index (χ3n) is 7.67. The van der Waals surface area contributed by atoms with Gasteiger partial charge in [0.1, 0.15) is 5.69 Å². The highest BCUT2D eigenvalue weighted by Crippen LogP contribution is 2.35. The number of carbonyl (C=O) groups is 1. The van der Waals surface area contributed by atoms with Crippen LogP contribution in [0.15, 0.2) is 77.2 Å². The van der Waals surface area contributed by atoms with Gasteiger partial charge in [-0.1, -0.05) is 36.4 Å². The zero-order chi connectivity index (χ0) is 26.1. The molecule has 1 aromatic carbocycles. The van der Waals surface area contributed by atoms with Crippen molar-refractivity contribution in [1.29, 1.82) is 0 Å². The second kappa shape index (κ2) is 10.4. The minimum absolute atomic E-state index is 0.144. The summed E-state index contributed by atoms with van der Waals surface area (Å²) >= 11 is 0. The summed E-state index contributed by atoms with van der Waals surface area (Å²) in [7, 11) is 2.09. The number of benzene rings is 1. The highest BCUT2D eigenvalue weighted by molar-refractivity contribution is 5.90. The number of piperazine rings is 1. The largest absolute Gasteiger partial charge is 0.340 e. The van der Waals surface area contributed by atoms with Crippen LogP contribution in [0.3, 0.4) is 0 Å². The smallest absolute Gasteiger partial charge is 0.271 e. The Morgan fingerprint density at radius 1 is 0.868 bits per heavy atom. The highest BCUT2D eigenvalue weighted by atomic mass is 16.2. The maximum Gasteiger partial charge on any atom is 0.271 e. The van der Waals surface area contributed by atoms with E-state index in [1.807, 2.05) is 64.1 Å². The molecule has 0 spiro atoms. The molecule has 2 aliphatic rings. The van der Waals surface area contributed by atoms with E-state index in [0.29, 0.717) is 12.1 Å². The number of rotatable bonds is 5. The molecule has 1 amide bonds. The van der Waals surface area contributed by atoms with Crippen LogP contribution in [0.2, 0.25) is 0 Å². The summed E-state index contributed by atoms with van der Waals surface area (Å²) in [5.41, 5.74) is 6.04. The number of hydrogen-bond donors (Lipinski definition) is 0. The second-order valence-corrected chi connectivity index (χ2v) is 10.2. The lowest BCUT2D eigenvalue weighted by Gasteiger charge is -2.33. The van der Waals surface area contributed by atoms with Crippen LogP contribution in [0.5, 0.6) is 0 Å². The zero-order valence-electron chi connectivity index (χ0n) is 21.7. The third kappa shape index (κ3) is 4.67. The lowest BCUT2D eigenvalue weighted by Crippen LogP contribution is -2.47. The Morgan fingerprint density at radius 2 is 1.63 bits per heavy atom. The maximum absolute atomic E-state index is 13.2. The van der Waals surface area contributed by atoms with Crippen molar-refractivity contribution in [3.8, 4) is 22.5 Å². The number of fused-ring (bicyclic) bond motifs is 1. The number of amides is 1. The van der Waals surface area contributed by atoms with Gasteiger partial charge >= 0.3 is 0 Å². The summed E-state index contributed by atoms with van der Waals surface area (Å²) in [5, 5.41) is 9.78. The van der Waals surface area contributed by atoms with E-state index in [-0.39, 0.29) is 11.5 Å². The van der Waals surface area contributed by atoms with Crippen molar-refractivity contribution in [1.82, 2.24) is 29.2 Å². The van der Waals surface area contributed by atoms with E-state index in [4.69, 9.17) is 10.2 Å². The fourth-order valence-corrected chi connectivity index (χ4v) is 5.54. The molecule has 3 aromatic heterocycles. The Kier molecular flexibility index (Phi) is 6.64. The molecule has 0 atom stereocenters. The van der Waals surface area contributed by atoms with Crippen LogP contribution in [0.1, 0.15) is 32.1 Å². The van der Waals surface area contributed by atoms with E-state index in [2.05, 4.69) is 11.9 Å². The Morgan fingerprint density at radius 3 is 2.45 bits per heavy atom. The maximum atomic E-state index is 13.2. The van der Waals surface area contributed by atoms with E-state index >= 15 is 0 Å². The van der Waals surface area contributed by atoms with Gasteiger partial charge in [-0.15, -0.1) is 0 Å². The summed E-state index contributed by atoms with van der Waals surface area (Å²) in [4.78, 5) is 30.6. The molecule has 8 heteroatoms. The highest BCUT2D eigenvalue weighted by Gasteiger charge is 2.25. The number of allylic oxidation sites excluding steroid dienone is 1. The fraction of sp³-hybridized carbons (Fsp3) is 0.333. The molecule has 6 rings (SSSR count). The monoisotopic (exact) mass is 508 g/mol. The topological polar surface area (TPSA) is 75.7 Å². The molecule has 1 fully saturated rings. The summed E-state index contributed by atoms with van der Waals surface area (Å²) in [6.45, 7) is 3.29. The summed E-state index contributed by atoms with van der Waals surface area (Å²) < 4.78 is 3.40. The van der Waals surface area contributed by atoms with Crippen LogP contribution in [-0.4, -0.2) is 68.3 Å². The van der Waals surface area contributed by atoms with E-state index in [1.54, 1.807) is 16.8 Å². The number of nitrogens with zero attached hydrogens (tertiary/aromatic N) is 6. The molecular formula is C30H32N6O2. The molecule has 8 nitrogen and oxygen atoms in total. The van der Waals surface area contributed by atoms with Gasteiger partial charge in [0.2, 0.25) is 5.91 Å². The van der Waals surface area contributed by atoms with Crippen LogP contribution < -0.4 is 5.56 Å². The van der Waals surface area contributed by atoms with Crippen LogP contribution in [0.25, 0.3) is 33.7 Å². The van der Waals surface area contributed by atoms with E-state index in [9.17, 15) is 9.59 Å². The number of hydrogen-bond acceptors (Lipinski definition) is 5. The van der Waals surface area contributed by atoms with Gasteiger partial charge in [0.05, 0.1) is 16.8 Å². The predicted octanol–water partition coefficient (Wildman–Crippen LogP) is 4.17. The SMILES string of the molecule is CN1CCN(C(=O)CC2=C(n3nc(-c4c(-c5ccccc5)nn5ccccc45)ccc3=O)CCCC2)CC1. The van der Waals surface area contributed by atoms with Crippen LogP contribution in [0, 0.1) is 0 Å². The average molecular weight is 509 g/mol. The minimum Gasteiger partial charge on any atom is -0.340 e. The third-order valence-corrected chi connectivity index (χ3v) is 7.67. The molecule has 0 unspecified atom stereocenters. The molecule has 38 heavy (non-hydrogen) atoms. The zero-order valence-corrected chi connectivity index (χ0v) is 21.7. The minimum atomic E-state index is -0.173. The van der Waals surface area contributed by atoms with Crippen molar-refractivity contribution in [3.05, 3.63) is 82.8 Å². The van der Waals surface area contributed by atoms with Crippen molar-refractivity contribution in [2.45, 2.75) is 32.1 Å². The summed E-state index contributed by atoms with van der Waals surface area (Å²) in [5.74, 6) is 0.144. The first kappa shape index (κ1) is 24.3. The molecule has 4 heterocycles. The Hall–Kier alpha value is -4.04. The first-order valence-corrected chi connectivity index (χ1v) is 13.4. The van der Waals surface area contributed by atoms with Gasteiger partial charge in [-0.25, -0.2) is 9.20 Å². The molecule has 4 aromatic rings. The Labute approximate surface area is 221 Å². The van der Waals surface area contributed by atoms with Gasteiger partial charge in [-0.3, -0.25) is 9.59 Å². The van der Waals surface area contributed by atoms with Crippen molar-refractivity contribution < 1.29 is 4.79 Å². The quantitative estimate of drug-likeness (QED) is 0.404. The summed E-state index contributed by atoms with van der Waals surface area (Å²) in [6, 6.07) is 19.4. The molecule has 0 saturated carbocycles. The van der Waals surface area contributed by atoms with Gasteiger partial charge in [0, 0.05) is 56.1 Å². The molecule has 1 aliphatic heterocycles. The lowest BCUT2D eigenvalue weighted by atomic mass is 9.93. The molecule has 1 saturated heterocycles. The average Bonchev–Trinajstić information content (AvgIpc) is 3.34. The molecule has 194 valence electrons. The van der Waals surface area contributed by atoms with Crippen LogP contribution >= 0.6 is 0 Å². The molecule has 0 radical (unpaired) electrons. The van der Waals surface area contributed by atoms with E-state index in [1.165, 1.54) is 0 Å². The number of pyridine rings is 1. The van der Waals surface area contributed by atoms with E-state index < -0.39 is 0 Å². The van der Waals surface area contributed by atoms with Gasteiger partial charge in [0.15, 0.2) is 0 Å². The van der Waals surface area contributed by atoms with Crippen LogP contribution in [-0.2, 0) is 4.79 Å². The molecular weight excluding hydrogens is 476 g/mol. The van der Waals surface area contributed by atoms with Crippen molar-refractivity contribution in [3.63, 3.8) is 0 Å². The molecule has 1 aliphatic carbocycles. The van der Waals surface area contributed by atoms with Gasteiger partial charge in [0.25, 0.3) is 5.56 Å². The Bertz CT molecular complexity index is 1560. The van der Waals surface area contributed by atoms with Crippen molar-refractivity contribution in [2.24, 2.45) is 0 Å². The van der Waals surface area contributed by atoms with Crippen LogP contribution in [0.4, 0.5) is 0 Å². The first-order chi connectivity index (χ1) is 18.6. The van der Waals surface area contributed by atoms with E-state index in [0.717, 1.165) is 85.5 Å². The second-order valence-electron chi connectivity index (χ2n) is 10.2.